The molecule has 1 aromatic carbocycles. The van der Waals surface area contributed by atoms with E-state index in [9.17, 15) is 9.59 Å². The van der Waals surface area contributed by atoms with Gasteiger partial charge in [0.2, 0.25) is 5.91 Å². The molecule has 0 aliphatic heterocycles. The average Bonchev–Trinajstić information content (AvgIpc) is 2.40. The van der Waals surface area contributed by atoms with Gasteiger partial charge >= 0.3 is 5.97 Å². The number of likely N-dealkylation sites (N-methyl/N-ethyl adjacent to an activating group) is 1. The molecule has 1 unspecified atom stereocenters. The van der Waals surface area contributed by atoms with Gasteiger partial charge in [0.25, 0.3) is 0 Å². The molecular weight excluding hydrogens is 230 g/mol. The molecule has 0 aliphatic rings. The largest absolute Gasteiger partial charge is 0.468 e. The second-order valence-corrected chi connectivity index (χ2v) is 4.14. The van der Waals surface area contributed by atoms with Crippen LogP contribution in [0.4, 0.5) is 0 Å². The Morgan fingerprint density at radius 2 is 1.89 bits per heavy atom. The third-order valence-electron chi connectivity index (χ3n) is 2.88. The highest BCUT2D eigenvalue weighted by Crippen LogP contribution is 2.21. The van der Waals surface area contributed by atoms with Crippen LogP contribution in [0, 0.1) is 0 Å². The second kappa shape index (κ2) is 6.79. The molecule has 0 bridgehead atoms. The summed E-state index contributed by atoms with van der Waals surface area (Å²) in [7, 11) is 2.93. The minimum absolute atomic E-state index is 0.0152. The molecule has 0 aromatic heterocycles. The van der Waals surface area contributed by atoms with Crippen molar-refractivity contribution in [3.63, 3.8) is 0 Å². The summed E-state index contributed by atoms with van der Waals surface area (Å²) in [5.41, 5.74) is 0.974. The highest BCUT2D eigenvalue weighted by Gasteiger charge is 2.23. The number of benzene rings is 1. The number of carbonyl (C=O) groups excluding carboxylic acids is 2. The van der Waals surface area contributed by atoms with Crippen molar-refractivity contribution in [2.24, 2.45) is 0 Å². The lowest BCUT2D eigenvalue weighted by Crippen LogP contribution is -2.36. The summed E-state index contributed by atoms with van der Waals surface area (Å²) in [6, 6.07) is 9.59. The van der Waals surface area contributed by atoms with E-state index in [1.165, 1.54) is 12.0 Å². The Labute approximate surface area is 108 Å². The van der Waals surface area contributed by atoms with Gasteiger partial charge in [0, 0.05) is 7.05 Å². The fourth-order valence-electron chi connectivity index (χ4n) is 1.84. The SMILES string of the molecule is CCC(C(=O)N(C)CC(=O)OC)c1ccccc1. The standard InChI is InChI=1S/C14H19NO3/c1-4-12(11-8-6-5-7-9-11)14(17)15(2)10-13(16)18-3/h5-9,12H,4,10H2,1-3H3. The third kappa shape index (κ3) is 3.58. The summed E-state index contributed by atoms with van der Waals surface area (Å²) in [5, 5.41) is 0. The van der Waals surface area contributed by atoms with Crippen molar-refractivity contribution in [3.8, 4) is 0 Å². The van der Waals surface area contributed by atoms with Gasteiger partial charge in [-0.2, -0.15) is 0 Å². The van der Waals surface area contributed by atoms with E-state index in [-0.39, 0.29) is 18.4 Å². The van der Waals surface area contributed by atoms with E-state index >= 15 is 0 Å². The number of hydrogen-bond donors (Lipinski definition) is 0. The minimum Gasteiger partial charge on any atom is -0.468 e. The Bertz CT molecular complexity index is 403. The molecule has 4 nitrogen and oxygen atoms in total. The van der Waals surface area contributed by atoms with Crippen molar-refractivity contribution in [1.82, 2.24) is 4.90 Å². The summed E-state index contributed by atoms with van der Waals surface area (Å²) >= 11 is 0. The van der Waals surface area contributed by atoms with Gasteiger partial charge in [0.1, 0.15) is 6.54 Å². The fraction of sp³-hybridized carbons (Fsp3) is 0.429. The molecule has 1 aromatic rings. The highest BCUT2D eigenvalue weighted by molar-refractivity contribution is 5.86. The van der Waals surface area contributed by atoms with E-state index < -0.39 is 5.97 Å². The summed E-state index contributed by atoms with van der Waals surface area (Å²) in [6.45, 7) is 1.94. The smallest absolute Gasteiger partial charge is 0.325 e. The van der Waals surface area contributed by atoms with Crippen molar-refractivity contribution in [2.75, 3.05) is 20.7 Å². The van der Waals surface area contributed by atoms with Gasteiger partial charge in [-0.1, -0.05) is 37.3 Å². The monoisotopic (exact) mass is 249 g/mol. The van der Waals surface area contributed by atoms with Crippen molar-refractivity contribution in [3.05, 3.63) is 35.9 Å². The molecule has 0 saturated heterocycles. The molecule has 0 N–H and O–H groups in total. The van der Waals surface area contributed by atoms with Gasteiger partial charge in [-0.3, -0.25) is 9.59 Å². The minimum atomic E-state index is -0.409. The van der Waals surface area contributed by atoms with E-state index in [1.54, 1.807) is 7.05 Å². The van der Waals surface area contributed by atoms with Crippen LogP contribution >= 0.6 is 0 Å². The van der Waals surface area contributed by atoms with Crippen LogP contribution in [0.15, 0.2) is 30.3 Å². The Kier molecular flexibility index (Phi) is 5.36. The summed E-state index contributed by atoms with van der Waals surface area (Å²) in [6.07, 6.45) is 0.703. The molecular formula is C14H19NO3. The molecule has 0 aliphatic carbocycles. The lowest BCUT2D eigenvalue weighted by molar-refractivity contribution is -0.146. The molecule has 98 valence electrons. The van der Waals surface area contributed by atoms with Crippen LogP contribution in [0.1, 0.15) is 24.8 Å². The van der Waals surface area contributed by atoms with Crippen LogP contribution in [0.25, 0.3) is 0 Å². The normalized spacial score (nSPS) is 11.7. The zero-order valence-corrected chi connectivity index (χ0v) is 11.1. The zero-order valence-electron chi connectivity index (χ0n) is 11.1. The molecule has 18 heavy (non-hydrogen) atoms. The van der Waals surface area contributed by atoms with Gasteiger partial charge in [0.05, 0.1) is 13.0 Å². The summed E-state index contributed by atoms with van der Waals surface area (Å²) in [5.74, 6) is -0.677. The molecule has 1 rings (SSSR count). The first-order valence-electron chi connectivity index (χ1n) is 5.96. The summed E-state index contributed by atoms with van der Waals surface area (Å²) in [4.78, 5) is 24.8. The third-order valence-corrected chi connectivity index (χ3v) is 2.88. The number of methoxy groups -OCH3 is 1. The van der Waals surface area contributed by atoms with E-state index in [4.69, 9.17) is 0 Å². The molecule has 0 spiro atoms. The van der Waals surface area contributed by atoms with E-state index in [1.807, 2.05) is 37.3 Å². The number of ether oxygens (including phenoxy) is 1. The maximum Gasteiger partial charge on any atom is 0.325 e. The van der Waals surface area contributed by atoms with Crippen LogP contribution in [0.5, 0.6) is 0 Å². The van der Waals surface area contributed by atoms with Gasteiger partial charge in [-0.15, -0.1) is 0 Å². The van der Waals surface area contributed by atoms with Crippen molar-refractivity contribution >= 4 is 11.9 Å². The number of esters is 1. The Morgan fingerprint density at radius 3 is 2.39 bits per heavy atom. The van der Waals surface area contributed by atoms with Gasteiger partial charge in [0.15, 0.2) is 0 Å². The lowest BCUT2D eigenvalue weighted by Gasteiger charge is -2.22. The predicted octanol–water partition coefficient (Wildman–Crippen LogP) is 1.81. The van der Waals surface area contributed by atoms with E-state index in [2.05, 4.69) is 4.74 Å². The summed E-state index contributed by atoms with van der Waals surface area (Å²) < 4.78 is 4.56. The van der Waals surface area contributed by atoms with Crippen LogP contribution in [-0.4, -0.2) is 37.5 Å². The topological polar surface area (TPSA) is 46.6 Å². The Hall–Kier alpha value is -1.84. The van der Waals surface area contributed by atoms with Crippen molar-refractivity contribution < 1.29 is 14.3 Å². The lowest BCUT2D eigenvalue weighted by atomic mass is 9.95. The number of carbonyl (C=O) groups is 2. The number of rotatable bonds is 5. The molecule has 0 heterocycles. The molecule has 0 fully saturated rings. The highest BCUT2D eigenvalue weighted by atomic mass is 16.5. The number of amides is 1. The Balaban J connectivity index is 2.77. The first-order valence-corrected chi connectivity index (χ1v) is 5.96. The maximum absolute atomic E-state index is 12.2. The van der Waals surface area contributed by atoms with Gasteiger partial charge in [-0.05, 0) is 12.0 Å². The quantitative estimate of drug-likeness (QED) is 0.748. The van der Waals surface area contributed by atoms with Gasteiger partial charge in [-0.25, -0.2) is 0 Å². The maximum atomic E-state index is 12.2. The number of hydrogen-bond acceptors (Lipinski definition) is 3. The molecule has 4 heteroatoms. The fourth-order valence-corrected chi connectivity index (χ4v) is 1.84. The molecule has 0 radical (unpaired) electrons. The Morgan fingerprint density at radius 1 is 1.28 bits per heavy atom. The molecule has 1 amide bonds. The predicted molar refractivity (Wildman–Crippen MR) is 69.1 cm³/mol. The van der Waals surface area contributed by atoms with Crippen LogP contribution in [0.2, 0.25) is 0 Å². The zero-order chi connectivity index (χ0) is 13.5. The number of nitrogens with zero attached hydrogens (tertiary/aromatic N) is 1. The van der Waals surface area contributed by atoms with Crippen LogP contribution in [0.3, 0.4) is 0 Å². The molecule has 1 atom stereocenters. The van der Waals surface area contributed by atoms with Gasteiger partial charge < -0.3 is 9.64 Å². The van der Waals surface area contributed by atoms with E-state index in [0.717, 1.165) is 5.56 Å². The van der Waals surface area contributed by atoms with Crippen molar-refractivity contribution in [2.45, 2.75) is 19.3 Å². The molecule has 0 saturated carbocycles. The van der Waals surface area contributed by atoms with Crippen LogP contribution in [-0.2, 0) is 14.3 Å². The van der Waals surface area contributed by atoms with E-state index in [0.29, 0.717) is 6.42 Å². The first kappa shape index (κ1) is 14.2. The second-order valence-electron chi connectivity index (χ2n) is 4.14. The average molecular weight is 249 g/mol. The van der Waals surface area contributed by atoms with Crippen LogP contribution < -0.4 is 0 Å². The first-order chi connectivity index (χ1) is 8.60. The van der Waals surface area contributed by atoms with Crippen molar-refractivity contribution in [1.29, 1.82) is 0 Å².